The van der Waals surface area contributed by atoms with E-state index in [1.165, 1.54) is 18.4 Å². The Morgan fingerprint density at radius 1 is 1.29 bits per heavy atom. The number of benzene rings is 1. The van der Waals surface area contributed by atoms with E-state index in [4.69, 9.17) is 0 Å². The van der Waals surface area contributed by atoms with Gasteiger partial charge in [0, 0.05) is 6.42 Å². The summed E-state index contributed by atoms with van der Waals surface area (Å²) < 4.78 is 0. The number of hydrogen-bond donors (Lipinski definition) is 1. The molecule has 0 aliphatic rings. The van der Waals surface area contributed by atoms with Crippen molar-refractivity contribution < 1.29 is 4.79 Å². The Morgan fingerprint density at radius 3 is 2.76 bits per heavy atom. The number of carbonyl (C=O) groups excluding carboxylic acids is 1. The van der Waals surface area contributed by atoms with Crippen LogP contribution < -0.4 is 5.32 Å². The number of amides is 1. The number of nitrogens with one attached hydrogen (secondary N) is 1. The molecule has 1 aromatic carbocycles. The molecular weight excluding hydrogens is 210 g/mol. The van der Waals surface area contributed by atoms with Crippen LogP contribution in [0.15, 0.2) is 42.6 Å². The molecule has 1 amide bonds. The van der Waals surface area contributed by atoms with E-state index in [0.717, 1.165) is 12.8 Å². The van der Waals surface area contributed by atoms with Crippen LogP contribution in [0.1, 0.15) is 38.2 Å². The Labute approximate surface area is 104 Å². The van der Waals surface area contributed by atoms with Gasteiger partial charge in [0.05, 0.1) is 0 Å². The smallest absolute Gasteiger partial charge is 0.224 e. The van der Waals surface area contributed by atoms with Gasteiger partial charge in [-0.25, -0.2) is 0 Å². The van der Waals surface area contributed by atoms with E-state index in [0.29, 0.717) is 6.42 Å². The van der Waals surface area contributed by atoms with Crippen molar-refractivity contribution in [2.45, 2.75) is 39.0 Å². The molecule has 1 aromatic rings. The quantitative estimate of drug-likeness (QED) is 0.716. The third kappa shape index (κ3) is 6.56. The van der Waals surface area contributed by atoms with Crippen molar-refractivity contribution in [2.75, 3.05) is 0 Å². The molecule has 0 atom stereocenters. The van der Waals surface area contributed by atoms with Crippen molar-refractivity contribution in [3.8, 4) is 0 Å². The number of hydrogen-bond acceptors (Lipinski definition) is 1. The molecule has 2 heteroatoms. The normalized spacial score (nSPS) is 10.6. The highest BCUT2D eigenvalue weighted by atomic mass is 16.1. The van der Waals surface area contributed by atoms with Gasteiger partial charge in [0.2, 0.25) is 5.91 Å². The number of allylic oxidation sites excluding steroid dienone is 1. The lowest BCUT2D eigenvalue weighted by atomic mass is 10.1. The monoisotopic (exact) mass is 231 g/mol. The van der Waals surface area contributed by atoms with Crippen molar-refractivity contribution in [1.29, 1.82) is 0 Å². The standard InChI is InChI=1S/C15H21NO/c1-2-3-4-8-13-16-15(17)12-11-14-9-6-5-7-10-14/h5-10,13H,2-4,11-12H2,1H3,(H,16,17)/b13-8+. The minimum Gasteiger partial charge on any atom is -0.333 e. The molecule has 0 saturated heterocycles. The SMILES string of the molecule is CCCC/C=C/NC(=O)CCc1ccccc1. The highest BCUT2D eigenvalue weighted by Crippen LogP contribution is 2.02. The molecule has 92 valence electrons. The van der Waals surface area contributed by atoms with Crippen molar-refractivity contribution in [1.82, 2.24) is 5.32 Å². The average molecular weight is 231 g/mol. The molecule has 0 radical (unpaired) electrons. The lowest BCUT2D eigenvalue weighted by molar-refractivity contribution is -0.120. The van der Waals surface area contributed by atoms with E-state index in [1.807, 2.05) is 36.4 Å². The fourth-order valence-corrected chi connectivity index (χ4v) is 1.53. The summed E-state index contributed by atoms with van der Waals surface area (Å²) in [4.78, 5) is 11.5. The maximum absolute atomic E-state index is 11.5. The van der Waals surface area contributed by atoms with Crippen LogP contribution >= 0.6 is 0 Å². The molecule has 0 heterocycles. The van der Waals surface area contributed by atoms with E-state index < -0.39 is 0 Å². The topological polar surface area (TPSA) is 29.1 Å². The number of rotatable bonds is 7. The molecule has 1 N–H and O–H groups in total. The first-order valence-corrected chi connectivity index (χ1v) is 6.31. The van der Waals surface area contributed by atoms with Gasteiger partial charge in [-0.3, -0.25) is 4.79 Å². The maximum Gasteiger partial charge on any atom is 0.224 e. The van der Waals surface area contributed by atoms with Crippen LogP contribution in [0.2, 0.25) is 0 Å². The fraction of sp³-hybridized carbons (Fsp3) is 0.400. The van der Waals surface area contributed by atoms with Crippen LogP contribution in [-0.2, 0) is 11.2 Å². The molecular formula is C15H21NO. The van der Waals surface area contributed by atoms with Gasteiger partial charge in [-0.2, -0.15) is 0 Å². The summed E-state index contributed by atoms with van der Waals surface area (Å²) in [6.45, 7) is 2.16. The molecule has 17 heavy (non-hydrogen) atoms. The average Bonchev–Trinajstić information content (AvgIpc) is 2.37. The van der Waals surface area contributed by atoms with Crippen molar-refractivity contribution in [3.05, 3.63) is 48.2 Å². The summed E-state index contributed by atoms with van der Waals surface area (Å²) in [6.07, 6.45) is 8.53. The first-order valence-electron chi connectivity index (χ1n) is 6.31. The van der Waals surface area contributed by atoms with Gasteiger partial charge in [-0.15, -0.1) is 0 Å². The van der Waals surface area contributed by atoms with Crippen molar-refractivity contribution >= 4 is 5.91 Å². The molecule has 0 unspecified atom stereocenters. The molecule has 0 aliphatic heterocycles. The Hall–Kier alpha value is -1.57. The zero-order valence-corrected chi connectivity index (χ0v) is 10.5. The van der Waals surface area contributed by atoms with Gasteiger partial charge in [0.15, 0.2) is 0 Å². The minimum atomic E-state index is 0.0848. The van der Waals surface area contributed by atoms with E-state index in [9.17, 15) is 4.79 Å². The third-order valence-corrected chi connectivity index (χ3v) is 2.57. The van der Waals surface area contributed by atoms with Crippen LogP contribution in [0.5, 0.6) is 0 Å². The van der Waals surface area contributed by atoms with Gasteiger partial charge < -0.3 is 5.32 Å². The number of carbonyl (C=O) groups is 1. The van der Waals surface area contributed by atoms with E-state index >= 15 is 0 Å². The lowest BCUT2D eigenvalue weighted by Gasteiger charge is -2.00. The summed E-state index contributed by atoms with van der Waals surface area (Å²) in [6, 6.07) is 10.1. The largest absolute Gasteiger partial charge is 0.333 e. The van der Waals surface area contributed by atoms with Gasteiger partial charge in [0.25, 0.3) is 0 Å². The zero-order valence-electron chi connectivity index (χ0n) is 10.5. The first kappa shape index (κ1) is 13.5. The highest BCUT2D eigenvalue weighted by molar-refractivity contribution is 5.77. The summed E-state index contributed by atoms with van der Waals surface area (Å²) in [5.74, 6) is 0.0848. The van der Waals surface area contributed by atoms with Crippen LogP contribution in [0.25, 0.3) is 0 Å². The predicted molar refractivity (Wildman–Crippen MR) is 71.6 cm³/mol. The van der Waals surface area contributed by atoms with E-state index in [-0.39, 0.29) is 5.91 Å². The van der Waals surface area contributed by atoms with Gasteiger partial charge in [-0.05, 0) is 24.6 Å². The molecule has 0 bridgehead atoms. The molecule has 0 aliphatic carbocycles. The van der Waals surface area contributed by atoms with E-state index in [2.05, 4.69) is 12.2 Å². The minimum absolute atomic E-state index is 0.0848. The molecule has 0 spiro atoms. The van der Waals surface area contributed by atoms with Crippen LogP contribution in [0.3, 0.4) is 0 Å². The summed E-state index contributed by atoms with van der Waals surface area (Å²) in [5, 5.41) is 2.79. The number of unbranched alkanes of at least 4 members (excludes halogenated alkanes) is 2. The lowest BCUT2D eigenvalue weighted by Crippen LogP contribution is -2.17. The zero-order chi connectivity index (χ0) is 12.3. The summed E-state index contributed by atoms with van der Waals surface area (Å²) in [5.41, 5.74) is 1.21. The van der Waals surface area contributed by atoms with Crippen LogP contribution in [0, 0.1) is 0 Å². The second-order valence-corrected chi connectivity index (χ2v) is 4.10. The first-order chi connectivity index (χ1) is 8.33. The van der Waals surface area contributed by atoms with Gasteiger partial charge in [-0.1, -0.05) is 56.2 Å². The molecule has 0 saturated carbocycles. The van der Waals surface area contributed by atoms with Crippen LogP contribution in [-0.4, -0.2) is 5.91 Å². The van der Waals surface area contributed by atoms with Crippen molar-refractivity contribution in [2.24, 2.45) is 0 Å². The predicted octanol–water partition coefficient (Wildman–Crippen LogP) is 3.44. The Morgan fingerprint density at radius 2 is 2.06 bits per heavy atom. The third-order valence-electron chi connectivity index (χ3n) is 2.57. The molecule has 1 rings (SSSR count). The Kier molecular flexibility index (Phi) is 6.80. The Bertz CT molecular complexity index is 343. The second kappa shape index (κ2) is 8.57. The molecule has 2 nitrogen and oxygen atoms in total. The van der Waals surface area contributed by atoms with E-state index in [1.54, 1.807) is 6.20 Å². The summed E-state index contributed by atoms with van der Waals surface area (Å²) >= 11 is 0. The Balaban J connectivity index is 2.15. The second-order valence-electron chi connectivity index (χ2n) is 4.10. The highest BCUT2D eigenvalue weighted by Gasteiger charge is 1.99. The van der Waals surface area contributed by atoms with Gasteiger partial charge in [0.1, 0.15) is 0 Å². The molecule has 0 aromatic heterocycles. The maximum atomic E-state index is 11.5. The molecule has 0 fully saturated rings. The van der Waals surface area contributed by atoms with Gasteiger partial charge >= 0.3 is 0 Å². The van der Waals surface area contributed by atoms with Crippen molar-refractivity contribution in [3.63, 3.8) is 0 Å². The fourth-order valence-electron chi connectivity index (χ4n) is 1.53. The van der Waals surface area contributed by atoms with Crippen LogP contribution in [0.4, 0.5) is 0 Å². The summed E-state index contributed by atoms with van der Waals surface area (Å²) in [7, 11) is 0. The number of aryl methyl sites for hydroxylation is 1.